The predicted molar refractivity (Wildman–Crippen MR) is 70.9 cm³/mol. The number of rotatable bonds is 2. The Morgan fingerprint density at radius 1 is 1.29 bits per heavy atom. The summed E-state index contributed by atoms with van der Waals surface area (Å²) in [6, 6.07) is 6.68. The van der Waals surface area contributed by atoms with E-state index in [-0.39, 0.29) is 0 Å². The highest BCUT2D eigenvalue weighted by Gasteiger charge is 2.61. The molecular weight excluding hydrogens is 208 g/mol. The molecule has 3 rings (SSSR count). The van der Waals surface area contributed by atoms with Gasteiger partial charge in [-0.15, -0.1) is 0 Å². The van der Waals surface area contributed by atoms with Crippen LogP contribution in [0.4, 0.5) is 5.82 Å². The third kappa shape index (κ3) is 1.42. The second-order valence-corrected chi connectivity index (χ2v) is 6.52. The highest BCUT2D eigenvalue weighted by molar-refractivity contribution is 5.37. The lowest BCUT2D eigenvalue weighted by atomic mass is 9.69. The maximum atomic E-state index is 4.39. The fourth-order valence-corrected chi connectivity index (χ4v) is 4.05. The molecule has 0 aliphatic heterocycles. The Balaban J connectivity index is 1.83. The number of pyridine rings is 1. The summed E-state index contributed by atoms with van der Waals surface area (Å²) in [5.41, 5.74) is 0.897. The summed E-state index contributed by atoms with van der Waals surface area (Å²) in [5, 5.41) is 3.66. The lowest BCUT2D eigenvalue weighted by Gasteiger charge is -2.39. The van der Waals surface area contributed by atoms with Gasteiger partial charge in [-0.1, -0.05) is 26.8 Å². The third-order valence-electron chi connectivity index (χ3n) is 5.78. The molecule has 0 saturated heterocycles. The van der Waals surface area contributed by atoms with Crippen LogP contribution in [0.1, 0.15) is 40.0 Å². The first-order chi connectivity index (χ1) is 8.04. The number of hydrogen-bond donors (Lipinski definition) is 1. The molecule has 2 nitrogen and oxygen atoms in total. The molecule has 0 radical (unpaired) electrons. The molecule has 17 heavy (non-hydrogen) atoms. The topological polar surface area (TPSA) is 24.9 Å². The van der Waals surface area contributed by atoms with Crippen molar-refractivity contribution in [1.29, 1.82) is 0 Å². The van der Waals surface area contributed by atoms with Crippen LogP contribution in [0.2, 0.25) is 0 Å². The molecule has 1 aromatic heterocycles. The van der Waals surface area contributed by atoms with Gasteiger partial charge in [0.2, 0.25) is 0 Å². The van der Waals surface area contributed by atoms with Crippen molar-refractivity contribution in [2.75, 3.05) is 5.32 Å². The second kappa shape index (κ2) is 3.47. The van der Waals surface area contributed by atoms with Crippen LogP contribution in [0.25, 0.3) is 0 Å². The van der Waals surface area contributed by atoms with Crippen LogP contribution in [-0.4, -0.2) is 11.0 Å². The van der Waals surface area contributed by atoms with E-state index in [1.54, 1.807) is 0 Å². The van der Waals surface area contributed by atoms with Crippen molar-refractivity contribution in [2.24, 2.45) is 16.7 Å². The van der Waals surface area contributed by atoms with Crippen molar-refractivity contribution in [2.45, 2.75) is 46.1 Å². The first-order valence-electron chi connectivity index (χ1n) is 6.71. The van der Waals surface area contributed by atoms with Crippen molar-refractivity contribution in [3.63, 3.8) is 0 Å². The Kier molecular flexibility index (Phi) is 2.26. The van der Waals surface area contributed by atoms with Gasteiger partial charge in [-0.2, -0.15) is 0 Å². The molecule has 2 heteroatoms. The normalized spacial score (nSPS) is 38.3. The molecule has 0 aromatic carbocycles. The van der Waals surface area contributed by atoms with E-state index in [1.807, 2.05) is 12.3 Å². The van der Waals surface area contributed by atoms with Crippen LogP contribution >= 0.6 is 0 Å². The number of nitrogens with zero attached hydrogens (tertiary/aromatic N) is 1. The van der Waals surface area contributed by atoms with E-state index in [1.165, 1.54) is 19.3 Å². The predicted octanol–water partition coefficient (Wildman–Crippen LogP) is 3.71. The molecule has 2 saturated carbocycles. The summed E-state index contributed by atoms with van der Waals surface area (Å²) < 4.78 is 0. The van der Waals surface area contributed by atoms with E-state index >= 15 is 0 Å². The molecule has 0 spiro atoms. The summed E-state index contributed by atoms with van der Waals surface area (Å²) in [6.45, 7) is 7.36. The largest absolute Gasteiger partial charge is 0.367 e. The Bertz CT molecular complexity index is 412. The zero-order valence-corrected chi connectivity index (χ0v) is 11.0. The average Bonchev–Trinajstić information content (AvgIpc) is 2.63. The van der Waals surface area contributed by atoms with Crippen molar-refractivity contribution < 1.29 is 0 Å². The fraction of sp³-hybridized carbons (Fsp3) is 0.667. The van der Waals surface area contributed by atoms with Crippen molar-refractivity contribution >= 4 is 5.82 Å². The van der Waals surface area contributed by atoms with E-state index in [0.29, 0.717) is 16.9 Å². The molecule has 3 atom stereocenters. The number of nitrogens with one attached hydrogen (secondary N) is 1. The molecule has 1 aromatic rings. The highest BCUT2D eigenvalue weighted by Crippen LogP contribution is 2.65. The SMILES string of the molecule is CC1(C)[C@@H]2CC[C@]1(C)[C@@H](Nc1ccccn1)C2. The first kappa shape index (κ1) is 11.1. The number of anilines is 1. The van der Waals surface area contributed by atoms with Gasteiger partial charge >= 0.3 is 0 Å². The lowest BCUT2D eigenvalue weighted by molar-refractivity contribution is 0.142. The number of fused-ring (bicyclic) bond motifs is 2. The van der Waals surface area contributed by atoms with Crippen molar-refractivity contribution in [3.8, 4) is 0 Å². The molecule has 92 valence electrons. The summed E-state index contributed by atoms with van der Waals surface area (Å²) in [6.07, 6.45) is 5.93. The van der Waals surface area contributed by atoms with Crippen LogP contribution in [0.5, 0.6) is 0 Å². The lowest BCUT2D eigenvalue weighted by Crippen LogP contribution is -2.40. The molecule has 2 aliphatic rings. The van der Waals surface area contributed by atoms with Gasteiger partial charge in [0.15, 0.2) is 0 Å². The molecule has 2 bridgehead atoms. The fourth-order valence-electron chi connectivity index (χ4n) is 4.05. The Labute approximate surface area is 104 Å². The standard InChI is InChI=1S/C15H22N2/c1-14(2)11-7-8-15(14,3)12(10-11)17-13-6-4-5-9-16-13/h4-6,9,11-12H,7-8,10H2,1-3H3,(H,16,17)/t11-,12+,15-/m1/s1. The molecule has 1 heterocycles. The maximum absolute atomic E-state index is 4.39. The zero-order valence-electron chi connectivity index (χ0n) is 11.0. The van der Waals surface area contributed by atoms with Gasteiger partial charge in [-0.05, 0) is 48.1 Å². The van der Waals surface area contributed by atoms with E-state index in [4.69, 9.17) is 0 Å². The Morgan fingerprint density at radius 3 is 2.65 bits per heavy atom. The summed E-state index contributed by atoms with van der Waals surface area (Å²) in [5.74, 6) is 1.91. The van der Waals surface area contributed by atoms with Crippen LogP contribution in [0, 0.1) is 16.7 Å². The van der Waals surface area contributed by atoms with Gasteiger partial charge in [0.25, 0.3) is 0 Å². The zero-order chi connectivity index (χ0) is 12.1. The molecule has 0 amide bonds. The molecule has 2 aliphatic carbocycles. The monoisotopic (exact) mass is 230 g/mol. The molecule has 2 fully saturated rings. The molecular formula is C15H22N2. The van der Waals surface area contributed by atoms with Gasteiger partial charge in [0, 0.05) is 12.2 Å². The van der Waals surface area contributed by atoms with E-state index in [9.17, 15) is 0 Å². The maximum Gasteiger partial charge on any atom is 0.126 e. The molecule has 1 N–H and O–H groups in total. The smallest absolute Gasteiger partial charge is 0.126 e. The van der Waals surface area contributed by atoms with Gasteiger partial charge in [-0.3, -0.25) is 0 Å². The van der Waals surface area contributed by atoms with E-state index in [2.05, 4.69) is 43.2 Å². The Morgan fingerprint density at radius 2 is 2.12 bits per heavy atom. The van der Waals surface area contributed by atoms with Crippen LogP contribution < -0.4 is 5.32 Å². The van der Waals surface area contributed by atoms with Gasteiger partial charge in [0.1, 0.15) is 5.82 Å². The minimum Gasteiger partial charge on any atom is -0.367 e. The highest BCUT2D eigenvalue weighted by atomic mass is 15.0. The van der Waals surface area contributed by atoms with Gasteiger partial charge < -0.3 is 5.32 Å². The minimum absolute atomic E-state index is 0.426. The van der Waals surface area contributed by atoms with Gasteiger partial charge in [0.05, 0.1) is 0 Å². The molecule has 0 unspecified atom stereocenters. The Hall–Kier alpha value is -1.05. The van der Waals surface area contributed by atoms with E-state index in [0.717, 1.165) is 11.7 Å². The quantitative estimate of drug-likeness (QED) is 0.837. The first-order valence-corrected chi connectivity index (χ1v) is 6.71. The average molecular weight is 230 g/mol. The minimum atomic E-state index is 0.426. The van der Waals surface area contributed by atoms with Gasteiger partial charge in [-0.25, -0.2) is 4.98 Å². The summed E-state index contributed by atoms with van der Waals surface area (Å²) >= 11 is 0. The van der Waals surface area contributed by atoms with Crippen molar-refractivity contribution in [3.05, 3.63) is 24.4 Å². The van der Waals surface area contributed by atoms with Crippen LogP contribution in [0.15, 0.2) is 24.4 Å². The van der Waals surface area contributed by atoms with Crippen LogP contribution in [-0.2, 0) is 0 Å². The third-order valence-corrected chi connectivity index (χ3v) is 5.78. The summed E-state index contributed by atoms with van der Waals surface area (Å²) in [4.78, 5) is 4.39. The van der Waals surface area contributed by atoms with E-state index < -0.39 is 0 Å². The second-order valence-electron chi connectivity index (χ2n) is 6.52. The number of aromatic nitrogens is 1. The number of hydrogen-bond acceptors (Lipinski definition) is 2. The van der Waals surface area contributed by atoms with Crippen LogP contribution in [0.3, 0.4) is 0 Å². The summed E-state index contributed by atoms with van der Waals surface area (Å²) in [7, 11) is 0. The van der Waals surface area contributed by atoms with Crippen molar-refractivity contribution in [1.82, 2.24) is 4.98 Å².